The zero-order valence-electron chi connectivity index (χ0n) is 9.61. The van der Waals surface area contributed by atoms with Crippen LogP contribution in [0.15, 0.2) is 6.20 Å². The average molecular weight is 261 g/mol. The summed E-state index contributed by atoms with van der Waals surface area (Å²) in [5.41, 5.74) is -0.786. The third-order valence-corrected chi connectivity index (χ3v) is 4.83. The molecule has 90 valence electrons. The summed E-state index contributed by atoms with van der Waals surface area (Å²) in [6, 6.07) is 0. The van der Waals surface area contributed by atoms with Gasteiger partial charge in [0.15, 0.2) is 4.47 Å². The van der Waals surface area contributed by atoms with Gasteiger partial charge in [0.1, 0.15) is 5.60 Å². The van der Waals surface area contributed by atoms with Gasteiger partial charge >= 0.3 is 0 Å². The van der Waals surface area contributed by atoms with Crippen molar-refractivity contribution in [2.75, 3.05) is 20.1 Å². The minimum absolute atomic E-state index is 0.306. The van der Waals surface area contributed by atoms with Crippen molar-refractivity contribution >= 4 is 22.9 Å². The minimum Gasteiger partial charge on any atom is -0.384 e. The van der Waals surface area contributed by atoms with E-state index in [-0.39, 0.29) is 0 Å². The summed E-state index contributed by atoms with van der Waals surface area (Å²) < 4.78 is 0.503. The fraction of sp³-hybridized carbons (Fsp3) is 0.727. The maximum absolute atomic E-state index is 10.6. The van der Waals surface area contributed by atoms with Gasteiger partial charge in [-0.1, -0.05) is 11.6 Å². The third kappa shape index (κ3) is 2.40. The maximum Gasteiger partial charge on any atom is 0.183 e. The van der Waals surface area contributed by atoms with Crippen molar-refractivity contribution in [1.82, 2.24) is 9.88 Å². The van der Waals surface area contributed by atoms with Crippen LogP contribution < -0.4 is 0 Å². The zero-order valence-corrected chi connectivity index (χ0v) is 11.2. The lowest BCUT2D eigenvalue weighted by Gasteiger charge is -2.37. The number of likely N-dealkylation sites (tertiary alicyclic amines) is 1. The van der Waals surface area contributed by atoms with E-state index in [1.54, 1.807) is 6.20 Å². The van der Waals surface area contributed by atoms with E-state index in [2.05, 4.69) is 16.9 Å². The van der Waals surface area contributed by atoms with Crippen LogP contribution in [-0.2, 0) is 5.60 Å². The fourth-order valence-electron chi connectivity index (χ4n) is 2.26. The van der Waals surface area contributed by atoms with E-state index in [4.69, 9.17) is 11.6 Å². The molecular weight excluding hydrogens is 244 g/mol. The lowest BCUT2D eigenvalue weighted by atomic mass is 9.81. The Morgan fingerprint density at radius 2 is 2.19 bits per heavy atom. The molecule has 1 atom stereocenters. The lowest BCUT2D eigenvalue weighted by molar-refractivity contribution is -0.0274. The second kappa shape index (κ2) is 4.61. The minimum atomic E-state index is -0.786. The first-order valence-electron chi connectivity index (χ1n) is 5.53. The molecule has 1 aliphatic heterocycles. The van der Waals surface area contributed by atoms with Crippen molar-refractivity contribution < 1.29 is 5.11 Å². The van der Waals surface area contributed by atoms with Crippen LogP contribution in [0.1, 0.15) is 24.6 Å². The first kappa shape index (κ1) is 12.3. The molecule has 0 amide bonds. The van der Waals surface area contributed by atoms with Crippen LogP contribution in [0.4, 0.5) is 0 Å². The van der Waals surface area contributed by atoms with Gasteiger partial charge in [-0.05, 0) is 45.8 Å². The van der Waals surface area contributed by atoms with Gasteiger partial charge in [0.05, 0.1) is 4.88 Å². The highest BCUT2D eigenvalue weighted by atomic mass is 35.5. The van der Waals surface area contributed by atoms with Gasteiger partial charge in [-0.15, -0.1) is 11.3 Å². The average Bonchev–Trinajstić information content (AvgIpc) is 2.66. The smallest absolute Gasteiger partial charge is 0.183 e. The summed E-state index contributed by atoms with van der Waals surface area (Å²) in [4.78, 5) is 7.19. The molecule has 1 saturated heterocycles. The van der Waals surface area contributed by atoms with Crippen molar-refractivity contribution in [3.8, 4) is 0 Å². The third-order valence-electron chi connectivity index (χ3n) is 3.49. The summed E-state index contributed by atoms with van der Waals surface area (Å²) in [5.74, 6) is 0.306. The molecule has 0 aliphatic carbocycles. The molecule has 2 rings (SSSR count). The van der Waals surface area contributed by atoms with E-state index in [0.717, 1.165) is 30.8 Å². The van der Waals surface area contributed by atoms with Crippen LogP contribution >= 0.6 is 22.9 Å². The van der Waals surface area contributed by atoms with Crippen molar-refractivity contribution in [3.63, 3.8) is 0 Å². The second-order valence-corrected chi connectivity index (χ2v) is 6.32. The van der Waals surface area contributed by atoms with Gasteiger partial charge in [-0.25, -0.2) is 4.98 Å². The molecular formula is C11H17ClN2OS. The van der Waals surface area contributed by atoms with Crippen LogP contribution in [0, 0.1) is 5.92 Å². The van der Waals surface area contributed by atoms with Crippen molar-refractivity contribution in [2.24, 2.45) is 5.92 Å². The normalized spacial score (nSPS) is 23.2. The Hall–Kier alpha value is -0.160. The number of hydrogen-bond donors (Lipinski definition) is 1. The van der Waals surface area contributed by atoms with Gasteiger partial charge in [-0.2, -0.15) is 0 Å². The summed E-state index contributed by atoms with van der Waals surface area (Å²) >= 11 is 7.20. The molecule has 2 heterocycles. The first-order chi connectivity index (χ1) is 7.50. The number of hydrogen-bond acceptors (Lipinski definition) is 4. The molecule has 1 aromatic heterocycles. The topological polar surface area (TPSA) is 36.4 Å². The van der Waals surface area contributed by atoms with Crippen molar-refractivity contribution in [2.45, 2.75) is 25.4 Å². The highest BCUT2D eigenvalue weighted by molar-refractivity contribution is 7.15. The highest BCUT2D eigenvalue weighted by Gasteiger charge is 2.36. The van der Waals surface area contributed by atoms with Crippen LogP contribution in [-0.4, -0.2) is 35.1 Å². The van der Waals surface area contributed by atoms with Crippen LogP contribution in [0.2, 0.25) is 4.47 Å². The summed E-state index contributed by atoms with van der Waals surface area (Å²) in [7, 11) is 2.12. The number of aliphatic hydroxyl groups is 1. The molecule has 0 radical (unpaired) electrons. The van der Waals surface area contributed by atoms with Crippen LogP contribution in [0.3, 0.4) is 0 Å². The molecule has 1 N–H and O–H groups in total. The molecule has 16 heavy (non-hydrogen) atoms. The predicted molar refractivity (Wildman–Crippen MR) is 66.9 cm³/mol. The van der Waals surface area contributed by atoms with Crippen LogP contribution in [0.25, 0.3) is 0 Å². The molecule has 0 spiro atoms. The molecule has 0 saturated carbocycles. The Kier molecular flexibility index (Phi) is 3.54. The number of aromatic nitrogens is 1. The maximum atomic E-state index is 10.6. The molecule has 1 aromatic rings. The highest BCUT2D eigenvalue weighted by Crippen LogP contribution is 2.39. The predicted octanol–water partition coefficient (Wildman–Crippen LogP) is 2.35. The number of piperidine rings is 1. The molecule has 0 aromatic carbocycles. The van der Waals surface area contributed by atoms with E-state index < -0.39 is 5.60 Å². The Bertz CT molecular complexity index is 359. The van der Waals surface area contributed by atoms with E-state index in [1.165, 1.54) is 11.3 Å². The van der Waals surface area contributed by atoms with Crippen molar-refractivity contribution in [3.05, 3.63) is 15.5 Å². The first-order valence-corrected chi connectivity index (χ1v) is 6.72. The SMILES string of the molecule is CN1CCC(C(C)(O)c2cnc(Cl)s2)CC1. The fourth-order valence-corrected chi connectivity index (χ4v) is 3.32. The summed E-state index contributed by atoms with van der Waals surface area (Å²) in [5, 5.41) is 10.6. The van der Waals surface area contributed by atoms with Gasteiger partial charge in [0.25, 0.3) is 0 Å². The number of rotatable bonds is 2. The summed E-state index contributed by atoms with van der Waals surface area (Å²) in [6.07, 6.45) is 3.75. The number of nitrogens with zero attached hydrogens (tertiary/aromatic N) is 2. The zero-order chi connectivity index (χ0) is 11.8. The molecule has 0 bridgehead atoms. The van der Waals surface area contributed by atoms with Gasteiger partial charge < -0.3 is 10.0 Å². The molecule has 1 unspecified atom stereocenters. The van der Waals surface area contributed by atoms with Gasteiger partial charge in [-0.3, -0.25) is 0 Å². The Balaban J connectivity index is 2.12. The lowest BCUT2D eigenvalue weighted by Crippen LogP contribution is -2.40. The summed E-state index contributed by atoms with van der Waals surface area (Å²) in [6.45, 7) is 3.98. The van der Waals surface area contributed by atoms with Crippen molar-refractivity contribution in [1.29, 1.82) is 0 Å². The molecule has 5 heteroatoms. The molecule has 1 fully saturated rings. The standard InChI is InChI=1S/C11H17ClN2OS/c1-11(15,9-7-13-10(12)16-9)8-3-5-14(2)6-4-8/h7-8,15H,3-6H2,1-2H3. The van der Waals surface area contributed by atoms with Gasteiger partial charge in [0, 0.05) is 6.20 Å². The van der Waals surface area contributed by atoms with Gasteiger partial charge in [0.2, 0.25) is 0 Å². The molecule has 1 aliphatic rings. The van der Waals surface area contributed by atoms with Crippen LogP contribution in [0.5, 0.6) is 0 Å². The Labute approximate surface area is 105 Å². The van der Waals surface area contributed by atoms with E-state index in [0.29, 0.717) is 10.4 Å². The Morgan fingerprint density at radius 3 is 2.69 bits per heavy atom. The van der Waals surface area contributed by atoms with E-state index in [1.807, 2.05) is 6.92 Å². The second-order valence-electron chi connectivity index (χ2n) is 4.70. The number of halogens is 1. The quantitative estimate of drug-likeness (QED) is 0.887. The monoisotopic (exact) mass is 260 g/mol. The largest absolute Gasteiger partial charge is 0.384 e. The molecule has 3 nitrogen and oxygen atoms in total. The van der Waals surface area contributed by atoms with E-state index in [9.17, 15) is 5.11 Å². The Morgan fingerprint density at radius 1 is 1.56 bits per heavy atom. The number of thiazole rings is 1. The van der Waals surface area contributed by atoms with E-state index >= 15 is 0 Å².